The van der Waals surface area contributed by atoms with Gasteiger partial charge in [0.15, 0.2) is 21.8 Å². The van der Waals surface area contributed by atoms with Crippen LogP contribution in [0.4, 0.5) is 5.69 Å². The molecule has 0 aliphatic carbocycles. The number of nitrogens with one attached hydrogen (secondary N) is 1. The summed E-state index contributed by atoms with van der Waals surface area (Å²) in [4.78, 5) is 4.15. The molecule has 1 aliphatic heterocycles. The SMILES string of the molecule is CC(c1noc(C2CNc3ccccc3O2)n1)S(C)(=O)=O. The summed E-state index contributed by atoms with van der Waals surface area (Å²) in [6.07, 6.45) is 0.704. The van der Waals surface area contributed by atoms with Crippen molar-refractivity contribution in [2.24, 2.45) is 0 Å². The molecule has 8 heteroatoms. The molecule has 0 saturated heterocycles. The number of aromatic nitrogens is 2. The second-order valence-corrected chi connectivity index (χ2v) is 7.31. The van der Waals surface area contributed by atoms with Crippen LogP contribution < -0.4 is 10.1 Å². The molecule has 1 aromatic carbocycles. The molecule has 0 amide bonds. The molecule has 2 heterocycles. The molecule has 1 aromatic heterocycles. The van der Waals surface area contributed by atoms with Crippen molar-refractivity contribution in [2.75, 3.05) is 18.1 Å². The van der Waals surface area contributed by atoms with Gasteiger partial charge in [0.2, 0.25) is 0 Å². The van der Waals surface area contributed by atoms with E-state index in [0.29, 0.717) is 12.3 Å². The Morgan fingerprint density at radius 1 is 1.38 bits per heavy atom. The number of fused-ring (bicyclic) bond motifs is 1. The topological polar surface area (TPSA) is 94.3 Å². The Bertz CT molecular complexity index is 756. The van der Waals surface area contributed by atoms with E-state index in [-0.39, 0.29) is 11.7 Å². The molecule has 112 valence electrons. The van der Waals surface area contributed by atoms with Crippen molar-refractivity contribution in [1.29, 1.82) is 0 Å². The van der Waals surface area contributed by atoms with E-state index < -0.39 is 21.2 Å². The number of anilines is 1. The third kappa shape index (κ3) is 2.71. The van der Waals surface area contributed by atoms with E-state index in [1.54, 1.807) is 0 Å². The summed E-state index contributed by atoms with van der Waals surface area (Å²) in [6.45, 7) is 2.01. The third-order valence-corrected chi connectivity index (χ3v) is 4.87. The van der Waals surface area contributed by atoms with Crippen LogP contribution in [0.2, 0.25) is 0 Å². The lowest BCUT2D eigenvalue weighted by molar-refractivity contribution is 0.162. The van der Waals surface area contributed by atoms with Gasteiger partial charge < -0.3 is 14.6 Å². The Balaban J connectivity index is 1.82. The summed E-state index contributed by atoms with van der Waals surface area (Å²) in [6, 6.07) is 7.53. The van der Waals surface area contributed by atoms with Crippen LogP contribution in [-0.4, -0.2) is 31.4 Å². The Morgan fingerprint density at radius 2 is 2.14 bits per heavy atom. The molecule has 3 rings (SSSR count). The molecule has 0 fully saturated rings. The van der Waals surface area contributed by atoms with Crippen LogP contribution in [0.5, 0.6) is 5.75 Å². The van der Waals surface area contributed by atoms with Gasteiger partial charge in [0.05, 0.1) is 12.2 Å². The zero-order chi connectivity index (χ0) is 15.0. The highest BCUT2D eigenvalue weighted by Gasteiger charge is 2.29. The van der Waals surface area contributed by atoms with Gasteiger partial charge in [-0.3, -0.25) is 0 Å². The van der Waals surface area contributed by atoms with Crippen LogP contribution in [0.15, 0.2) is 28.8 Å². The minimum Gasteiger partial charge on any atom is -0.477 e. The summed E-state index contributed by atoms with van der Waals surface area (Å²) in [7, 11) is -3.26. The number of rotatable bonds is 3. The zero-order valence-corrected chi connectivity index (χ0v) is 12.4. The maximum Gasteiger partial charge on any atom is 0.269 e. The number of sulfone groups is 1. The minimum absolute atomic E-state index is 0.148. The van der Waals surface area contributed by atoms with Gasteiger partial charge in [-0.15, -0.1) is 0 Å². The van der Waals surface area contributed by atoms with Crippen molar-refractivity contribution in [3.63, 3.8) is 0 Å². The van der Waals surface area contributed by atoms with Crippen molar-refractivity contribution < 1.29 is 17.7 Å². The van der Waals surface area contributed by atoms with E-state index in [1.807, 2.05) is 24.3 Å². The van der Waals surface area contributed by atoms with E-state index in [1.165, 1.54) is 6.92 Å². The molecule has 0 radical (unpaired) electrons. The second-order valence-electron chi connectivity index (χ2n) is 4.95. The number of hydrogen-bond donors (Lipinski definition) is 1. The fourth-order valence-electron chi connectivity index (χ4n) is 1.99. The monoisotopic (exact) mass is 309 g/mol. The summed E-state index contributed by atoms with van der Waals surface area (Å²) >= 11 is 0. The molecular formula is C13H15N3O4S. The Labute approximate surface area is 122 Å². The number of benzene rings is 1. The molecule has 2 aromatic rings. The van der Waals surface area contributed by atoms with E-state index in [2.05, 4.69) is 15.5 Å². The molecular weight excluding hydrogens is 294 g/mol. The number of hydrogen-bond acceptors (Lipinski definition) is 7. The van der Waals surface area contributed by atoms with Crippen LogP contribution in [0.1, 0.15) is 30.0 Å². The van der Waals surface area contributed by atoms with Gasteiger partial charge in [0.1, 0.15) is 11.0 Å². The molecule has 1 aliphatic rings. The highest BCUT2D eigenvalue weighted by Crippen LogP contribution is 2.33. The molecule has 0 spiro atoms. The molecule has 2 unspecified atom stereocenters. The lowest BCUT2D eigenvalue weighted by Gasteiger charge is -2.24. The molecule has 0 saturated carbocycles. The largest absolute Gasteiger partial charge is 0.477 e. The number of nitrogens with zero attached hydrogens (tertiary/aromatic N) is 2. The quantitative estimate of drug-likeness (QED) is 0.922. The van der Waals surface area contributed by atoms with Crippen molar-refractivity contribution in [3.05, 3.63) is 36.0 Å². The number of para-hydroxylation sites is 2. The summed E-state index contributed by atoms with van der Waals surface area (Å²) in [5.74, 6) is 1.11. The van der Waals surface area contributed by atoms with Crippen molar-refractivity contribution >= 4 is 15.5 Å². The van der Waals surface area contributed by atoms with Crippen LogP contribution >= 0.6 is 0 Å². The molecule has 7 nitrogen and oxygen atoms in total. The zero-order valence-electron chi connectivity index (χ0n) is 11.6. The second kappa shape index (κ2) is 5.03. The van der Waals surface area contributed by atoms with E-state index in [4.69, 9.17) is 9.26 Å². The molecule has 1 N–H and O–H groups in total. The summed E-state index contributed by atoms with van der Waals surface area (Å²) in [5, 5.41) is 6.14. The molecule has 0 bridgehead atoms. The third-order valence-electron chi connectivity index (χ3n) is 3.37. The van der Waals surface area contributed by atoms with Crippen molar-refractivity contribution in [1.82, 2.24) is 10.1 Å². The van der Waals surface area contributed by atoms with Gasteiger partial charge >= 0.3 is 0 Å². The highest BCUT2D eigenvalue weighted by molar-refractivity contribution is 7.90. The molecule has 2 atom stereocenters. The maximum absolute atomic E-state index is 11.5. The normalized spacial score (nSPS) is 19.2. The van der Waals surface area contributed by atoms with Gasteiger partial charge in [0.25, 0.3) is 5.89 Å². The fourth-order valence-corrected chi connectivity index (χ4v) is 2.46. The van der Waals surface area contributed by atoms with Gasteiger partial charge in [-0.1, -0.05) is 17.3 Å². The van der Waals surface area contributed by atoms with Crippen LogP contribution in [0, 0.1) is 0 Å². The average molecular weight is 309 g/mol. The lowest BCUT2D eigenvalue weighted by atomic mass is 10.2. The standard InChI is InChI=1S/C13H15N3O4S/c1-8(21(2,17)18)12-15-13(20-16-12)11-7-14-9-5-3-4-6-10(9)19-11/h3-6,8,11,14H,7H2,1-2H3. The fraction of sp³-hybridized carbons (Fsp3) is 0.385. The average Bonchev–Trinajstić information content (AvgIpc) is 2.94. The first-order valence-electron chi connectivity index (χ1n) is 6.47. The van der Waals surface area contributed by atoms with Crippen LogP contribution in [-0.2, 0) is 9.84 Å². The lowest BCUT2D eigenvalue weighted by Crippen LogP contribution is -2.23. The first-order chi connectivity index (χ1) is 9.95. The van der Waals surface area contributed by atoms with Crippen molar-refractivity contribution in [2.45, 2.75) is 18.3 Å². The van der Waals surface area contributed by atoms with Crippen LogP contribution in [0.25, 0.3) is 0 Å². The molecule has 21 heavy (non-hydrogen) atoms. The van der Waals surface area contributed by atoms with Gasteiger partial charge in [0, 0.05) is 6.26 Å². The van der Waals surface area contributed by atoms with Gasteiger partial charge in [-0.2, -0.15) is 4.98 Å². The van der Waals surface area contributed by atoms with Crippen molar-refractivity contribution in [3.8, 4) is 5.75 Å². The predicted molar refractivity (Wildman–Crippen MR) is 75.9 cm³/mol. The smallest absolute Gasteiger partial charge is 0.269 e. The predicted octanol–water partition coefficient (Wildman–Crippen LogP) is 1.72. The summed E-state index contributed by atoms with van der Waals surface area (Å²) < 4.78 is 34.0. The first kappa shape index (κ1) is 13.9. The van der Waals surface area contributed by atoms with E-state index >= 15 is 0 Å². The Kier molecular flexibility index (Phi) is 3.32. The Hall–Kier alpha value is -2.09. The number of ether oxygens (including phenoxy) is 1. The van der Waals surface area contributed by atoms with Crippen LogP contribution in [0.3, 0.4) is 0 Å². The maximum atomic E-state index is 11.5. The first-order valence-corrected chi connectivity index (χ1v) is 8.42. The van der Waals surface area contributed by atoms with E-state index in [0.717, 1.165) is 11.9 Å². The van der Waals surface area contributed by atoms with Gasteiger partial charge in [-0.25, -0.2) is 8.42 Å². The summed E-state index contributed by atoms with van der Waals surface area (Å²) in [5.41, 5.74) is 0.901. The minimum atomic E-state index is -3.26. The van der Waals surface area contributed by atoms with E-state index in [9.17, 15) is 8.42 Å². The van der Waals surface area contributed by atoms with Gasteiger partial charge in [-0.05, 0) is 19.1 Å². The Morgan fingerprint density at radius 3 is 2.90 bits per heavy atom. The highest BCUT2D eigenvalue weighted by atomic mass is 32.2.